The monoisotopic (exact) mass is 457 g/mol. The van der Waals surface area contributed by atoms with E-state index in [4.69, 9.17) is 25.4 Å². The summed E-state index contributed by atoms with van der Waals surface area (Å²) in [6, 6.07) is 18.9. The van der Waals surface area contributed by atoms with E-state index in [2.05, 4.69) is 5.32 Å². The Bertz CT molecular complexity index is 1420. The lowest BCUT2D eigenvalue weighted by Gasteiger charge is -2.06. The van der Waals surface area contributed by atoms with E-state index in [1.54, 1.807) is 42.5 Å². The number of carbonyl (C=O) groups excluding carboxylic acids is 2. The van der Waals surface area contributed by atoms with E-state index in [0.29, 0.717) is 22.6 Å². The predicted molar refractivity (Wildman–Crippen MR) is 123 cm³/mol. The van der Waals surface area contributed by atoms with Gasteiger partial charge in [-0.05, 0) is 65.4 Å². The average molecular weight is 457 g/mol. The number of ether oxygens (including phenoxy) is 1. The van der Waals surface area contributed by atoms with Gasteiger partial charge in [-0.2, -0.15) is 0 Å². The number of amidine groups is 1. The van der Waals surface area contributed by atoms with E-state index in [-0.39, 0.29) is 23.7 Å². The molecule has 0 radical (unpaired) electrons. The van der Waals surface area contributed by atoms with E-state index in [1.165, 1.54) is 30.3 Å². The molecule has 9 nitrogen and oxygen atoms in total. The Balaban J connectivity index is 1.37. The lowest BCUT2D eigenvalue weighted by molar-refractivity contribution is 0.0688. The molecule has 0 aliphatic carbocycles. The zero-order valence-electron chi connectivity index (χ0n) is 17.7. The molecule has 0 atom stereocenters. The summed E-state index contributed by atoms with van der Waals surface area (Å²) in [6.07, 6.45) is 0. The second-order valence-electron chi connectivity index (χ2n) is 7.36. The van der Waals surface area contributed by atoms with Crippen LogP contribution in [0.3, 0.4) is 0 Å². The van der Waals surface area contributed by atoms with Crippen LogP contribution in [0.15, 0.2) is 77.2 Å². The molecule has 0 aliphatic heterocycles. The number of carboxylic acid groups (broad SMARTS) is 1. The van der Waals surface area contributed by atoms with Crippen LogP contribution in [0.2, 0.25) is 0 Å². The van der Waals surface area contributed by atoms with Gasteiger partial charge >= 0.3 is 11.9 Å². The molecule has 0 saturated carbocycles. The van der Waals surface area contributed by atoms with Crippen molar-refractivity contribution >= 4 is 34.5 Å². The minimum atomic E-state index is -1.08. The molecule has 0 spiro atoms. The van der Waals surface area contributed by atoms with Gasteiger partial charge in [0.25, 0.3) is 5.91 Å². The maximum absolute atomic E-state index is 12.5. The number of hydrogen-bond donors (Lipinski definition) is 4. The van der Waals surface area contributed by atoms with Crippen molar-refractivity contribution in [3.05, 3.63) is 101 Å². The van der Waals surface area contributed by atoms with Gasteiger partial charge in [0.1, 0.15) is 17.3 Å². The third-order valence-electron chi connectivity index (χ3n) is 5.01. The Hall–Kier alpha value is -4.92. The number of nitrogens with one attached hydrogen (secondary N) is 2. The van der Waals surface area contributed by atoms with Gasteiger partial charge in [0.15, 0.2) is 0 Å². The van der Waals surface area contributed by atoms with Crippen molar-refractivity contribution in [1.29, 1.82) is 5.41 Å². The average Bonchev–Trinajstić information content (AvgIpc) is 3.31. The third kappa shape index (κ3) is 4.94. The van der Waals surface area contributed by atoms with E-state index >= 15 is 0 Å². The maximum atomic E-state index is 12.5. The number of esters is 1. The highest BCUT2D eigenvalue weighted by atomic mass is 16.5. The van der Waals surface area contributed by atoms with Crippen LogP contribution in [0.1, 0.15) is 42.6 Å². The van der Waals surface area contributed by atoms with Gasteiger partial charge in [-0.1, -0.05) is 18.2 Å². The lowest BCUT2D eigenvalue weighted by Crippen LogP contribution is -2.22. The second kappa shape index (κ2) is 9.29. The van der Waals surface area contributed by atoms with Crippen molar-refractivity contribution in [3.8, 4) is 5.75 Å². The molecule has 4 rings (SSSR count). The SMILES string of the molecule is N=C(N)c1ccc2cc(OC(=O)c3ccc(CNC(=O)c4ccc(C(=O)O)cc4)o3)ccc2c1. The molecule has 1 aromatic heterocycles. The summed E-state index contributed by atoms with van der Waals surface area (Å²) < 4.78 is 10.9. The van der Waals surface area contributed by atoms with Gasteiger partial charge in [0, 0.05) is 11.1 Å². The fourth-order valence-electron chi connectivity index (χ4n) is 3.23. The largest absolute Gasteiger partial charge is 0.478 e. The summed E-state index contributed by atoms with van der Waals surface area (Å²) in [7, 11) is 0. The van der Waals surface area contributed by atoms with Crippen molar-refractivity contribution in [3.63, 3.8) is 0 Å². The van der Waals surface area contributed by atoms with Gasteiger partial charge in [-0.15, -0.1) is 0 Å². The molecule has 3 aromatic carbocycles. The molecule has 0 fully saturated rings. The number of nitrogens with two attached hydrogens (primary N) is 1. The number of carboxylic acids is 1. The third-order valence-corrected chi connectivity index (χ3v) is 5.01. The van der Waals surface area contributed by atoms with Crippen LogP contribution in [0.4, 0.5) is 0 Å². The first-order valence-corrected chi connectivity index (χ1v) is 10.1. The standard InChI is InChI=1S/C25H19N3O6/c26-22(27)18-6-5-17-12-19(8-7-16(17)11-18)34-25(32)21-10-9-20(33-21)13-28-23(29)14-1-3-15(4-2-14)24(30)31/h1-12H,13H2,(H3,26,27)(H,28,29)(H,30,31). The summed E-state index contributed by atoms with van der Waals surface area (Å²) in [5, 5.41) is 20.7. The van der Waals surface area contributed by atoms with Crippen LogP contribution in [-0.2, 0) is 6.54 Å². The van der Waals surface area contributed by atoms with Crippen molar-refractivity contribution in [1.82, 2.24) is 5.32 Å². The maximum Gasteiger partial charge on any atom is 0.379 e. The van der Waals surface area contributed by atoms with Crippen molar-refractivity contribution < 1.29 is 28.6 Å². The first-order valence-electron chi connectivity index (χ1n) is 10.1. The van der Waals surface area contributed by atoms with Crippen molar-refractivity contribution in [2.75, 3.05) is 0 Å². The Morgan fingerprint density at radius 3 is 2.24 bits per heavy atom. The van der Waals surface area contributed by atoms with Gasteiger partial charge in [-0.3, -0.25) is 10.2 Å². The topological polar surface area (TPSA) is 156 Å². The molecule has 0 bridgehead atoms. The summed E-state index contributed by atoms with van der Waals surface area (Å²) in [6.45, 7) is 0.0290. The van der Waals surface area contributed by atoms with E-state index in [9.17, 15) is 14.4 Å². The number of aromatic carboxylic acids is 1. The van der Waals surface area contributed by atoms with Crippen LogP contribution >= 0.6 is 0 Å². The van der Waals surface area contributed by atoms with Crippen LogP contribution in [-0.4, -0.2) is 28.8 Å². The quantitative estimate of drug-likeness (QED) is 0.143. The molecule has 9 heteroatoms. The number of amides is 1. The molecule has 1 heterocycles. The Morgan fingerprint density at radius 2 is 1.53 bits per heavy atom. The molecule has 0 aliphatic rings. The zero-order chi connectivity index (χ0) is 24.2. The minimum Gasteiger partial charge on any atom is -0.478 e. The molecule has 4 aromatic rings. The number of nitrogen functional groups attached to an aromatic ring is 1. The minimum absolute atomic E-state index is 0.0258. The van der Waals surface area contributed by atoms with E-state index in [1.807, 2.05) is 0 Å². The molecule has 5 N–H and O–H groups in total. The lowest BCUT2D eigenvalue weighted by atomic mass is 10.1. The molecular formula is C25H19N3O6. The fraction of sp³-hybridized carbons (Fsp3) is 0.0400. The van der Waals surface area contributed by atoms with Crippen molar-refractivity contribution in [2.45, 2.75) is 6.54 Å². The smallest absolute Gasteiger partial charge is 0.379 e. The van der Waals surface area contributed by atoms with Gasteiger partial charge < -0.3 is 25.3 Å². The highest BCUT2D eigenvalue weighted by molar-refractivity contribution is 5.99. The van der Waals surface area contributed by atoms with Gasteiger partial charge in [0.2, 0.25) is 5.76 Å². The Kier molecular flexibility index (Phi) is 6.09. The Morgan fingerprint density at radius 1 is 0.882 bits per heavy atom. The summed E-state index contributed by atoms with van der Waals surface area (Å²) in [5.74, 6) is -1.57. The second-order valence-corrected chi connectivity index (χ2v) is 7.36. The number of rotatable bonds is 7. The van der Waals surface area contributed by atoms with Crippen LogP contribution in [0.25, 0.3) is 10.8 Å². The molecule has 1 amide bonds. The fourth-order valence-corrected chi connectivity index (χ4v) is 3.23. The number of fused-ring (bicyclic) bond motifs is 1. The first-order chi connectivity index (χ1) is 16.3. The van der Waals surface area contributed by atoms with Gasteiger partial charge in [-0.25, -0.2) is 9.59 Å². The Labute approximate surface area is 193 Å². The van der Waals surface area contributed by atoms with E-state index in [0.717, 1.165) is 10.8 Å². The number of carbonyl (C=O) groups is 3. The first kappa shape index (κ1) is 22.3. The van der Waals surface area contributed by atoms with Crippen LogP contribution in [0, 0.1) is 5.41 Å². The van der Waals surface area contributed by atoms with Gasteiger partial charge in [0.05, 0.1) is 12.1 Å². The normalized spacial score (nSPS) is 10.6. The molecular weight excluding hydrogens is 438 g/mol. The number of hydrogen-bond acceptors (Lipinski definition) is 6. The summed E-state index contributed by atoms with van der Waals surface area (Å²) in [4.78, 5) is 35.6. The van der Waals surface area contributed by atoms with Crippen LogP contribution < -0.4 is 15.8 Å². The molecule has 34 heavy (non-hydrogen) atoms. The van der Waals surface area contributed by atoms with E-state index < -0.39 is 17.8 Å². The summed E-state index contributed by atoms with van der Waals surface area (Å²) >= 11 is 0. The predicted octanol–water partition coefficient (Wildman–Crippen LogP) is 3.56. The highest BCUT2D eigenvalue weighted by Gasteiger charge is 2.15. The molecule has 170 valence electrons. The van der Waals surface area contributed by atoms with Crippen molar-refractivity contribution in [2.24, 2.45) is 5.73 Å². The summed E-state index contributed by atoms with van der Waals surface area (Å²) in [5.41, 5.74) is 6.49. The number of benzene rings is 3. The molecule has 0 unspecified atom stereocenters. The highest BCUT2D eigenvalue weighted by Crippen LogP contribution is 2.23. The van der Waals surface area contributed by atoms with Crippen LogP contribution in [0.5, 0.6) is 5.75 Å². The zero-order valence-corrected chi connectivity index (χ0v) is 17.7. The number of furan rings is 1. The molecule has 0 saturated heterocycles.